The van der Waals surface area contributed by atoms with Crippen molar-refractivity contribution in [3.05, 3.63) is 102 Å². The van der Waals surface area contributed by atoms with Crippen molar-refractivity contribution in [3.8, 4) is 11.5 Å². The minimum atomic E-state index is -3.78. The van der Waals surface area contributed by atoms with Crippen molar-refractivity contribution in [2.45, 2.75) is 12.7 Å². The van der Waals surface area contributed by atoms with Crippen molar-refractivity contribution in [1.82, 2.24) is 14.6 Å². The van der Waals surface area contributed by atoms with Crippen LogP contribution in [0.3, 0.4) is 0 Å². The van der Waals surface area contributed by atoms with Crippen molar-refractivity contribution in [2.24, 2.45) is 0 Å². The quantitative estimate of drug-likeness (QED) is 0.150. The number of benzene rings is 4. The van der Waals surface area contributed by atoms with Crippen LogP contribution in [-0.4, -0.2) is 56.6 Å². The van der Waals surface area contributed by atoms with E-state index in [1.165, 1.54) is 19.5 Å². The first kappa shape index (κ1) is 28.4. The number of anilines is 1. The van der Waals surface area contributed by atoms with Crippen LogP contribution in [0.15, 0.2) is 91.0 Å². The van der Waals surface area contributed by atoms with Crippen molar-refractivity contribution in [3.63, 3.8) is 0 Å². The third-order valence-electron chi connectivity index (χ3n) is 6.71. The van der Waals surface area contributed by atoms with Gasteiger partial charge in [-0.2, -0.15) is 12.7 Å². The number of hydrogen-bond donors (Lipinski definition) is 4. The van der Waals surface area contributed by atoms with Crippen molar-refractivity contribution < 1.29 is 23.0 Å². The van der Waals surface area contributed by atoms with Gasteiger partial charge >= 0.3 is 10.2 Å². The molecule has 1 atom stereocenters. The molecule has 0 bridgehead atoms. The fourth-order valence-corrected chi connectivity index (χ4v) is 5.07. The van der Waals surface area contributed by atoms with Crippen LogP contribution in [0.4, 0.5) is 5.69 Å². The standard InChI is InChI=1S/C31H34N4O5S/c1-35(2)41(37,38)34-29-18-23(12-15-31(29)40-21-22-8-4-3-5-9-22)30(36)20-32-16-17-39-24-13-14-26-25-10-6-7-11-27(25)33-28(26)19-24/h3-15,18-19,30,32-34,36H,16-17,20-21H2,1-2H3/t30-/m0/s1. The first-order valence-corrected chi connectivity index (χ1v) is 14.8. The molecular formula is C31H34N4O5S. The highest BCUT2D eigenvalue weighted by Gasteiger charge is 2.18. The molecule has 0 amide bonds. The predicted octanol–water partition coefficient (Wildman–Crippen LogP) is 4.82. The van der Waals surface area contributed by atoms with Gasteiger partial charge in [0.2, 0.25) is 0 Å². The van der Waals surface area contributed by atoms with E-state index in [-0.39, 0.29) is 18.8 Å². The molecule has 0 saturated heterocycles. The Labute approximate surface area is 239 Å². The molecule has 5 aromatic rings. The molecular weight excluding hydrogens is 540 g/mol. The van der Waals surface area contributed by atoms with Gasteiger partial charge in [0.15, 0.2) is 0 Å². The summed E-state index contributed by atoms with van der Waals surface area (Å²) in [6.07, 6.45) is -0.872. The van der Waals surface area contributed by atoms with E-state index in [1.807, 2.05) is 54.6 Å². The van der Waals surface area contributed by atoms with Crippen LogP contribution in [0, 0.1) is 0 Å². The smallest absolute Gasteiger partial charge is 0.301 e. The average molecular weight is 575 g/mol. The van der Waals surface area contributed by atoms with Crippen LogP contribution in [0.5, 0.6) is 11.5 Å². The number of aliphatic hydroxyl groups is 1. The molecule has 9 nitrogen and oxygen atoms in total. The molecule has 0 saturated carbocycles. The maximum Gasteiger partial charge on any atom is 0.301 e. The van der Waals surface area contributed by atoms with Gasteiger partial charge in [0.05, 0.1) is 17.3 Å². The SMILES string of the molecule is CN(C)S(=O)(=O)Nc1cc([C@@H](O)CNCCOc2ccc3c(c2)[nH]c2ccccc23)ccc1OCc1ccccc1. The molecule has 0 aliphatic carbocycles. The lowest BCUT2D eigenvalue weighted by Gasteiger charge is -2.19. The summed E-state index contributed by atoms with van der Waals surface area (Å²) >= 11 is 0. The van der Waals surface area contributed by atoms with Crippen LogP contribution in [0.2, 0.25) is 0 Å². The minimum Gasteiger partial charge on any atom is -0.492 e. The van der Waals surface area contributed by atoms with Crippen LogP contribution in [-0.2, 0) is 16.8 Å². The van der Waals surface area contributed by atoms with Gasteiger partial charge in [-0.05, 0) is 41.5 Å². The summed E-state index contributed by atoms with van der Waals surface area (Å²) in [5.74, 6) is 1.12. The summed E-state index contributed by atoms with van der Waals surface area (Å²) in [6, 6.07) is 28.8. The third-order valence-corrected chi connectivity index (χ3v) is 8.15. The van der Waals surface area contributed by atoms with E-state index in [0.717, 1.165) is 32.0 Å². The first-order valence-electron chi connectivity index (χ1n) is 13.3. The number of nitrogens with one attached hydrogen (secondary N) is 3. The molecule has 10 heteroatoms. The van der Waals surface area contributed by atoms with Crippen molar-refractivity contribution in [2.75, 3.05) is 38.5 Å². The Hall–Kier alpha value is -4.09. The van der Waals surface area contributed by atoms with Gasteiger partial charge in [-0.25, -0.2) is 0 Å². The van der Waals surface area contributed by atoms with Gasteiger partial charge in [-0.3, -0.25) is 4.72 Å². The normalized spacial score (nSPS) is 12.6. The number of aromatic nitrogens is 1. The lowest BCUT2D eigenvalue weighted by molar-refractivity contribution is 0.172. The summed E-state index contributed by atoms with van der Waals surface area (Å²) in [5.41, 5.74) is 3.85. The lowest BCUT2D eigenvalue weighted by atomic mass is 10.1. The molecule has 0 radical (unpaired) electrons. The van der Waals surface area contributed by atoms with E-state index in [9.17, 15) is 13.5 Å². The highest BCUT2D eigenvalue weighted by Crippen LogP contribution is 2.31. The molecule has 214 valence electrons. The highest BCUT2D eigenvalue weighted by molar-refractivity contribution is 7.90. The monoisotopic (exact) mass is 574 g/mol. The number of fused-ring (bicyclic) bond motifs is 3. The molecule has 0 aliphatic rings. The zero-order valence-electron chi connectivity index (χ0n) is 23.0. The van der Waals surface area contributed by atoms with Crippen LogP contribution >= 0.6 is 0 Å². The zero-order chi connectivity index (χ0) is 28.8. The van der Waals surface area contributed by atoms with Crippen LogP contribution in [0.25, 0.3) is 21.8 Å². The predicted molar refractivity (Wildman–Crippen MR) is 163 cm³/mol. The molecule has 0 aliphatic heterocycles. The fraction of sp³-hybridized carbons (Fsp3) is 0.226. The van der Waals surface area contributed by atoms with E-state index >= 15 is 0 Å². The number of hydrogen-bond acceptors (Lipinski definition) is 6. The van der Waals surface area contributed by atoms with Crippen molar-refractivity contribution >= 4 is 37.7 Å². The molecule has 0 spiro atoms. The number of aliphatic hydroxyl groups excluding tert-OH is 1. The summed E-state index contributed by atoms with van der Waals surface area (Å²) in [5, 5.41) is 16.3. The Bertz CT molecular complexity index is 1720. The van der Waals surface area contributed by atoms with Gasteiger partial charge in [0, 0.05) is 49.5 Å². The minimum absolute atomic E-state index is 0.252. The Morgan fingerprint density at radius 3 is 2.44 bits per heavy atom. The van der Waals surface area contributed by atoms with E-state index in [2.05, 4.69) is 33.2 Å². The van der Waals surface area contributed by atoms with Gasteiger partial charge in [0.1, 0.15) is 24.7 Å². The second-order valence-electron chi connectivity index (χ2n) is 9.87. The number of H-pyrrole nitrogens is 1. The van der Waals surface area contributed by atoms with Crippen LogP contribution in [0.1, 0.15) is 17.2 Å². The second kappa shape index (κ2) is 12.6. The maximum absolute atomic E-state index is 12.6. The Kier molecular flexibility index (Phi) is 8.75. The topological polar surface area (TPSA) is 116 Å². The molecule has 0 fully saturated rings. The Morgan fingerprint density at radius 1 is 0.878 bits per heavy atom. The van der Waals surface area contributed by atoms with E-state index in [0.29, 0.717) is 24.5 Å². The molecule has 0 unspecified atom stereocenters. The summed E-state index contributed by atoms with van der Waals surface area (Å²) in [6.45, 7) is 1.46. The first-order chi connectivity index (χ1) is 19.8. The molecule has 41 heavy (non-hydrogen) atoms. The Morgan fingerprint density at radius 2 is 1.63 bits per heavy atom. The maximum atomic E-state index is 12.6. The number of aromatic amines is 1. The van der Waals surface area contributed by atoms with E-state index < -0.39 is 16.3 Å². The van der Waals surface area contributed by atoms with E-state index in [4.69, 9.17) is 9.47 Å². The fourth-order valence-electron chi connectivity index (χ4n) is 4.45. The number of nitrogens with zero attached hydrogens (tertiary/aromatic N) is 1. The van der Waals surface area contributed by atoms with Gasteiger partial charge in [-0.15, -0.1) is 0 Å². The molecule has 1 aromatic heterocycles. The average Bonchev–Trinajstić information content (AvgIpc) is 3.34. The summed E-state index contributed by atoms with van der Waals surface area (Å²) in [7, 11) is -0.904. The summed E-state index contributed by atoms with van der Waals surface area (Å²) in [4.78, 5) is 3.41. The molecule has 4 N–H and O–H groups in total. The lowest BCUT2D eigenvalue weighted by Crippen LogP contribution is -2.29. The molecule has 5 rings (SSSR count). The largest absolute Gasteiger partial charge is 0.492 e. The zero-order valence-corrected chi connectivity index (χ0v) is 23.8. The second-order valence-corrected chi connectivity index (χ2v) is 11.8. The highest BCUT2D eigenvalue weighted by atomic mass is 32.2. The molecule has 4 aromatic carbocycles. The van der Waals surface area contributed by atoms with Crippen molar-refractivity contribution in [1.29, 1.82) is 0 Å². The number of para-hydroxylation sites is 1. The van der Waals surface area contributed by atoms with Gasteiger partial charge in [-0.1, -0.05) is 54.6 Å². The van der Waals surface area contributed by atoms with Gasteiger partial charge in [0.25, 0.3) is 0 Å². The number of ether oxygens (including phenoxy) is 2. The third kappa shape index (κ3) is 6.98. The molecule has 1 heterocycles. The number of rotatable bonds is 13. The Balaban J connectivity index is 1.18. The van der Waals surface area contributed by atoms with Crippen LogP contribution < -0.4 is 19.5 Å². The van der Waals surface area contributed by atoms with Gasteiger partial charge < -0.3 is 24.9 Å². The van der Waals surface area contributed by atoms with E-state index in [1.54, 1.807) is 18.2 Å². The summed E-state index contributed by atoms with van der Waals surface area (Å²) < 4.78 is 40.6.